The third-order valence-corrected chi connectivity index (χ3v) is 3.99. The monoisotopic (exact) mass is 317 g/mol. The van der Waals surface area contributed by atoms with E-state index in [4.69, 9.17) is 9.15 Å². The minimum Gasteiger partial charge on any atom is -0.454 e. The molecule has 1 saturated heterocycles. The van der Waals surface area contributed by atoms with Crippen LogP contribution in [0, 0.1) is 13.8 Å². The summed E-state index contributed by atoms with van der Waals surface area (Å²) in [4.78, 5) is 14.4. The zero-order valence-electron chi connectivity index (χ0n) is 14.1. The van der Waals surface area contributed by atoms with Gasteiger partial charge in [-0.1, -0.05) is 0 Å². The molecule has 1 fully saturated rings. The molecule has 0 spiro atoms. The lowest BCUT2D eigenvalue weighted by molar-refractivity contribution is -0.0592. The lowest BCUT2D eigenvalue weighted by Crippen LogP contribution is -2.48. The molecule has 3 rings (SSSR count). The van der Waals surface area contributed by atoms with Crippen molar-refractivity contribution < 1.29 is 13.9 Å². The number of amides is 1. The van der Waals surface area contributed by atoms with E-state index in [9.17, 15) is 4.79 Å². The quantitative estimate of drug-likeness (QED) is 0.872. The molecule has 3 heterocycles. The Bertz CT molecular complexity index is 694. The molecule has 2 atom stereocenters. The molecule has 23 heavy (non-hydrogen) atoms. The van der Waals surface area contributed by atoms with Gasteiger partial charge in [0.25, 0.3) is 5.91 Å². The second kappa shape index (κ2) is 6.20. The second-order valence-electron chi connectivity index (χ2n) is 6.32. The van der Waals surface area contributed by atoms with Gasteiger partial charge in [-0.2, -0.15) is 5.10 Å². The smallest absolute Gasteiger partial charge is 0.289 e. The number of hydrogen-bond donors (Lipinski definition) is 0. The minimum absolute atomic E-state index is 0.0480. The van der Waals surface area contributed by atoms with Gasteiger partial charge >= 0.3 is 0 Å². The summed E-state index contributed by atoms with van der Waals surface area (Å²) < 4.78 is 13.3. The third-order valence-electron chi connectivity index (χ3n) is 3.99. The van der Waals surface area contributed by atoms with Gasteiger partial charge in [-0.05, 0) is 45.9 Å². The lowest BCUT2D eigenvalue weighted by atomic mass is 10.2. The van der Waals surface area contributed by atoms with Crippen molar-refractivity contribution in [1.82, 2.24) is 14.7 Å². The van der Waals surface area contributed by atoms with Crippen LogP contribution in [-0.2, 0) is 11.3 Å². The highest BCUT2D eigenvalue weighted by atomic mass is 16.5. The Morgan fingerprint density at radius 2 is 1.96 bits per heavy atom. The average molecular weight is 317 g/mol. The topological polar surface area (TPSA) is 60.5 Å². The SMILES string of the molecule is Cc1cc(C)n(Cc2ccc(C(=O)N3C[C@@H](C)O[C@@H](C)C3)o2)n1. The van der Waals surface area contributed by atoms with E-state index < -0.39 is 0 Å². The highest BCUT2D eigenvalue weighted by molar-refractivity contribution is 5.91. The summed E-state index contributed by atoms with van der Waals surface area (Å²) in [5, 5.41) is 4.41. The molecular formula is C17H23N3O3. The van der Waals surface area contributed by atoms with Crippen molar-refractivity contribution in [2.24, 2.45) is 0 Å². The lowest BCUT2D eigenvalue weighted by Gasteiger charge is -2.34. The number of furan rings is 1. The third kappa shape index (κ3) is 3.47. The van der Waals surface area contributed by atoms with Crippen molar-refractivity contribution in [3.8, 4) is 0 Å². The van der Waals surface area contributed by atoms with Gasteiger partial charge in [0.1, 0.15) is 5.76 Å². The predicted octanol–water partition coefficient (Wildman–Crippen LogP) is 2.39. The molecule has 0 saturated carbocycles. The molecule has 0 aromatic carbocycles. The fraction of sp³-hybridized carbons (Fsp3) is 0.529. The van der Waals surface area contributed by atoms with Crippen molar-refractivity contribution in [3.05, 3.63) is 41.1 Å². The molecule has 0 unspecified atom stereocenters. The molecule has 2 aromatic heterocycles. The zero-order valence-corrected chi connectivity index (χ0v) is 14.1. The van der Waals surface area contributed by atoms with E-state index in [1.807, 2.05) is 44.5 Å². The van der Waals surface area contributed by atoms with Gasteiger partial charge in [0.15, 0.2) is 5.76 Å². The Hall–Kier alpha value is -2.08. The highest BCUT2D eigenvalue weighted by Gasteiger charge is 2.28. The molecule has 124 valence electrons. The Labute approximate surface area is 136 Å². The molecule has 0 aliphatic carbocycles. The van der Waals surface area contributed by atoms with Crippen LogP contribution in [0.15, 0.2) is 22.6 Å². The number of ether oxygens (including phenoxy) is 1. The van der Waals surface area contributed by atoms with Gasteiger partial charge in [-0.3, -0.25) is 9.48 Å². The van der Waals surface area contributed by atoms with Gasteiger partial charge in [-0.15, -0.1) is 0 Å². The Morgan fingerprint density at radius 1 is 1.26 bits per heavy atom. The van der Waals surface area contributed by atoms with Crippen LogP contribution in [0.5, 0.6) is 0 Å². The molecule has 2 aromatic rings. The number of morpholine rings is 1. The van der Waals surface area contributed by atoms with E-state index >= 15 is 0 Å². The molecule has 1 aliphatic heterocycles. The molecule has 0 radical (unpaired) electrons. The zero-order chi connectivity index (χ0) is 16.6. The summed E-state index contributed by atoms with van der Waals surface area (Å²) in [6.45, 7) is 9.64. The van der Waals surface area contributed by atoms with Gasteiger partial charge in [-0.25, -0.2) is 0 Å². The number of carbonyl (C=O) groups is 1. The van der Waals surface area contributed by atoms with E-state index in [-0.39, 0.29) is 18.1 Å². The van der Waals surface area contributed by atoms with E-state index in [1.165, 1.54) is 0 Å². The van der Waals surface area contributed by atoms with Crippen LogP contribution >= 0.6 is 0 Å². The van der Waals surface area contributed by atoms with E-state index in [2.05, 4.69) is 5.10 Å². The summed E-state index contributed by atoms with van der Waals surface area (Å²) >= 11 is 0. The number of hydrogen-bond acceptors (Lipinski definition) is 4. The van der Waals surface area contributed by atoms with E-state index in [0.717, 1.165) is 17.1 Å². The van der Waals surface area contributed by atoms with Crippen LogP contribution in [0.3, 0.4) is 0 Å². The Balaban J connectivity index is 1.71. The van der Waals surface area contributed by atoms with Crippen LogP contribution in [0.1, 0.15) is 41.6 Å². The summed E-state index contributed by atoms with van der Waals surface area (Å²) in [6, 6.07) is 5.61. The molecule has 0 N–H and O–H groups in total. The number of carbonyl (C=O) groups excluding carboxylic acids is 1. The standard InChI is InChI=1S/C17H23N3O3/c1-11-7-12(2)20(18-11)10-15-5-6-16(23-15)17(21)19-8-13(3)22-14(4)9-19/h5-7,13-14H,8-10H2,1-4H3/t13-,14+. The number of rotatable bonds is 3. The van der Waals surface area contributed by atoms with E-state index in [1.54, 1.807) is 11.0 Å². The molecule has 6 nitrogen and oxygen atoms in total. The molecule has 6 heteroatoms. The van der Waals surface area contributed by atoms with Gasteiger partial charge < -0.3 is 14.1 Å². The first-order chi connectivity index (χ1) is 10.9. The summed E-state index contributed by atoms with van der Waals surface area (Å²) in [5.74, 6) is 1.03. The first-order valence-electron chi connectivity index (χ1n) is 7.97. The second-order valence-corrected chi connectivity index (χ2v) is 6.32. The van der Waals surface area contributed by atoms with Crippen molar-refractivity contribution in [2.75, 3.05) is 13.1 Å². The van der Waals surface area contributed by atoms with Crippen molar-refractivity contribution >= 4 is 5.91 Å². The fourth-order valence-electron chi connectivity index (χ4n) is 3.06. The maximum absolute atomic E-state index is 12.6. The first kappa shape index (κ1) is 15.8. The molecule has 0 bridgehead atoms. The first-order valence-corrected chi connectivity index (χ1v) is 7.97. The highest BCUT2D eigenvalue weighted by Crippen LogP contribution is 2.17. The van der Waals surface area contributed by atoms with Gasteiger partial charge in [0.2, 0.25) is 0 Å². The van der Waals surface area contributed by atoms with Gasteiger partial charge in [0, 0.05) is 18.8 Å². The average Bonchev–Trinajstić information content (AvgIpc) is 3.04. The van der Waals surface area contributed by atoms with Crippen LogP contribution < -0.4 is 0 Å². The Morgan fingerprint density at radius 3 is 2.57 bits per heavy atom. The number of aryl methyl sites for hydroxylation is 2. The number of aromatic nitrogens is 2. The van der Waals surface area contributed by atoms with Crippen molar-refractivity contribution in [1.29, 1.82) is 0 Å². The molecular weight excluding hydrogens is 294 g/mol. The van der Waals surface area contributed by atoms with Crippen LogP contribution in [0.25, 0.3) is 0 Å². The number of nitrogens with zero attached hydrogens (tertiary/aromatic N) is 3. The predicted molar refractivity (Wildman–Crippen MR) is 85.4 cm³/mol. The van der Waals surface area contributed by atoms with E-state index in [0.29, 0.717) is 25.4 Å². The normalized spacial score (nSPS) is 21.7. The summed E-state index contributed by atoms with van der Waals surface area (Å²) in [5.41, 5.74) is 2.05. The largest absolute Gasteiger partial charge is 0.454 e. The minimum atomic E-state index is -0.0772. The maximum atomic E-state index is 12.6. The Kier molecular flexibility index (Phi) is 4.26. The van der Waals surface area contributed by atoms with Gasteiger partial charge in [0.05, 0.1) is 24.4 Å². The van der Waals surface area contributed by atoms with Crippen LogP contribution in [0.4, 0.5) is 0 Å². The summed E-state index contributed by atoms with van der Waals surface area (Å²) in [7, 11) is 0. The molecule has 1 amide bonds. The van der Waals surface area contributed by atoms with Crippen LogP contribution in [-0.4, -0.2) is 45.9 Å². The van der Waals surface area contributed by atoms with Crippen molar-refractivity contribution in [3.63, 3.8) is 0 Å². The molecule has 1 aliphatic rings. The van der Waals surface area contributed by atoms with Crippen molar-refractivity contribution in [2.45, 2.75) is 46.4 Å². The maximum Gasteiger partial charge on any atom is 0.289 e. The summed E-state index contributed by atoms with van der Waals surface area (Å²) in [6.07, 6.45) is 0.0960. The fourth-order valence-corrected chi connectivity index (χ4v) is 3.06. The van der Waals surface area contributed by atoms with Crippen LogP contribution in [0.2, 0.25) is 0 Å².